The minimum absolute atomic E-state index is 0.0890. The van der Waals surface area contributed by atoms with Gasteiger partial charge in [0.15, 0.2) is 0 Å². The molecule has 2 saturated heterocycles. The van der Waals surface area contributed by atoms with Crippen LogP contribution in [0.15, 0.2) is 64.3 Å². The summed E-state index contributed by atoms with van der Waals surface area (Å²) >= 11 is 1.23. The zero-order valence-electron chi connectivity index (χ0n) is 25.7. The highest BCUT2D eigenvalue weighted by Crippen LogP contribution is 2.35. The largest absolute Gasteiger partial charge is 0.416 e. The Morgan fingerprint density at radius 1 is 1.09 bits per heavy atom. The molecule has 234 valence electrons. The number of aromatic nitrogens is 2. The summed E-state index contributed by atoms with van der Waals surface area (Å²) in [6.45, 7) is 9.33. The molecule has 2 fully saturated rings. The molecule has 4 aromatic rings. The van der Waals surface area contributed by atoms with Crippen LogP contribution in [0.5, 0.6) is 0 Å². The summed E-state index contributed by atoms with van der Waals surface area (Å²) in [5.41, 5.74) is 4.88. The van der Waals surface area contributed by atoms with E-state index in [1.807, 2.05) is 56.9 Å². The molecule has 0 radical (unpaired) electrons. The van der Waals surface area contributed by atoms with Crippen LogP contribution in [0.3, 0.4) is 0 Å². The molecule has 6 nitrogen and oxygen atoms in total. The monoisotopic (exact) mass is 632 g/mol. The molecule has 0 unspecified atom stereocenters. The lowest BCUT2D eigenvalue weighted by Gasteiger charge is -2.29. The molecule has 0 saturated carbocycles. The number of thiazole rings is 1. The van der Waals surface area contributed by atoms with Crippen LogP contribution in [0.25, 0.3) is 33.6 Å². The second kappa shape index (κ2) is 12.1. The lowest BCUT2D eigenvalue weighted by atomic mass is 9.99. The van der Waals surface area contributed by atoms with Crippen LogP contribution >= 0.6 is 11.3 Å². The van der Waals surface area contributed by atoms with Crippen LogP contribution in [0.1, 0.15) is 66.9 Å². The molecule has 0 aliphatic carbocycles. The Hall–Kier alpha value is -4.02. The van der Waals surface area contributed by atoms with Gasteiger partial charge in [0, 0.05) is 36.1 Å². The Balaban J connectivity index is 1.58. The molecule has 2 aliphatic rings. The van der Waals surface area contributed by atoms with Crippen LogP contribution in [-0.4, -0.2) is 45.5 Å². The Bertz CT molecular complexity index is 1830. The van der Waals surface area contributed by atoms with Crippen molar-refractivity contribution < 1.29 is 18.0 Å². The number of piperazine rings is 1. The van der Waals surface area contributed by atoms with E-state index >= 15 is 0 Å². The molecular weight excluding hydrogens is 597 g/mol. The molecule has 0 spiro atoms. The normalized spacial score (nSPS) is 17.6. The highest BCUT2D eigenvalue weighted by molar-refractivity contribution is 7.13. The molecule has 6 rings (SSSR count). The van der Waals surface area contributed by atoms with E-state index in [9.17, 15) is 22.8 Å². The molecule has 4 heterocycles. The number of alkyl halides is 3. The lowest BCUT2D eigenvalue weighted by Crippen LogP contribution is -2.47. The molecule has 1 amide bonds. The van der Waals surface area contributed by atoms with Crippen molar-refractivity contribution in [3.63, 3.8) is 0 Å². The number of aryl methyl sites for hydroxylation is 2. The molecule has 2 aromatic carbocycles. The van der Waals surface area contributed by atoms with Gasteiger partial charge in [-0.25, -0.2) is 4.98 Å². The van der Waals surface area contributed by atoms with E-state index in [0.29, 0.717) is 46.9 Å². The van der Waals surface area contributed by atoms with E-state index in [2.05, 4.69) is 5.32 Å². The number of hydrogen-bond acceptors (Lipinski definition) is 5. The molecule has 2 aliphatic heterocycles. The van der Waals surface area contributed by atoms with Crippen molar-refractivity contribution in [1.82, 2.24) is 19.8 Å². The van der Waals surface area contributed by atoms with Gasteiger partial charge in [-0.05, 0) is 68.5 Å². The number of pyridine rings is 1. The maximum atomic E-state index is 14.7. The summed E-state index contributed by atoms with van der Waals surface area (Å²) in [5.74, 6) is -0.127. The summed E-state index contributed by atoms with van der Waals surface area (Å²) in [7, 11) is 0. The number of nitrogens with zero attached hydrogens (tertiary/aromatic N) is 3. The highest BCUT2D eigenvalue weighted by Gasteiger charge is 2.41. The quantitative estimate of drug-likeness (QED) is 0.231. The number of para-hydroxylation sites is 1. The predicted molar refractivity (Wildman–Crippen MR) is 173 cm³/mol. The summed E-state index contributed by atoms with van der Waals surface area (Å²) in [5, 5.41) is 5.58. The van der Waals surface area contributed by atoms with Crippen molar-refractivity contribution >= 4 is 23.3 Å². The number of nitrogens with one attached hydrogen (secondary N) is 1. The average molecular weight is 633 g/mol. The summed E-state index contributed by atoms with van der Waals surface area (Å²) in [6.07, 6.45) is -0.253. The van der Waals surface area contributed by atoms with E-state index in [1.165, 1.54) is 23.5 Å². The number of rotatable bonds is 7. The van der Waals surface area contributed by atoms with E-state index in [4.69, 9.17) is 4.98 Å². The van der Waals surface area contributed by atoms with Crippen LogP contribution in [0, 0.1) is 0 Å². The van der Waals surface area contributed by atoms with Gasteiger partial charge >= 0.3 is 6.18 Å². The van der Waals surface area contributed by atoms with Crippen molar-refractivity contribution in [2.24, 2.45) is 0 Å². The number of carbonyl (C=O) groups is 1. The maximum Gasteiger partial charge on any atom is 0.416 e. The smallest absolute Gasteiger partial charge is 0.333 e. The number of halogens is 3. The van der Waals surface area contributed by atoms with E-state index in [-0.39, 0.29) is 29.1 Å². The van der Waals surface area contributed by atoms with Crippen molar-refractivity contribution in [1.29, 1.82) is 0 Å². The fourth-order valence-corrected chi connectivity index (χ4v) is 7.26. The predicted octanol–water partition coefficient (Wildman–Crippen LogP) is 7.38. The number of amides is 1. The standard InChI is InChI=1S/C35H35F3N4O2S/c1-5-21-8-7-9-22(6-2)31(21)42-30(14-20(3)4)27(33(43)41-18-25-15-26(41)17-39-25)16-28(34(42)44)32-40-29(19-45-32)23-10-12-24(13-11-23)35(36,37)38/h7-14,16,19,25-26,39H,5-6,15,17-18H2,1-4H3/t25-,26-/m0/s1. The van der Waals surface area contributed by atoms with Gasteiger partial charge in [-0.15, -0.1) is 11.3 Å². The molecular formula is C35H35F3N4O2S. The molecule has 2 aromatic heterocycles. The summed E-state index contributed by atoms with van der Waals surface area (Å²) < 4.78 is 41.2. The molecule has 1 N–H and O–H groups in total. The van der Waals surface area contributed by atoms with Gasteiger partial charge in [-0.1, -0.05) is 49.8 Å². The Kier molecular flexibility index (Phi) is 8.30. The second-order valence-electron chi connectivity index (χ2n) is 11.9. The first-order valence-electron chi connectivity index (χ1n) is 15.2. The number of fused-ring (bicyclic) bond motifs is 2. The van der Waals surface area contributed by atoms with E-state index < -0.39 is 11.7 Å². The first-order chi connectivity index (χ1) is 21.5. The number of hydrogen-bond donors (Lipinski definition) is 1. The van der Waals surface area contributed by atoms with Crippen LogP contribution < -0.4 is 10.9 Å². The zero-order chi connectivity index (χ0) is 32.0. The van der Waals surface area contributed by atoms with Gasteiger partial charge in [0.25, 0.3) is 11.5 Å². The third-order valence-electron chi connectivity index (χ3n) is 8.64. The van der Waals surface area contributed by atoms with Gasteiger partial charge in [0.2, 0.25) is 0 Å². The molecule has 2 atom stereocenters. The van der Waals surface area contributed by atoms with Crippen LogP contribution in [0.4, 0.5) is 13.2 Å². The number of likely N-dealkylation sites (tertiary alicyclic amines) is 1. The fraction of sp³-hybridized carbons (Fsp3) is 0.343. The SMILES string of the molecule is CCc1cccc(CC)c1-n1c(C=C(C)C)c(C(=O)N2C[C@@H]3C[C@H]2CN3)cc(-c2nc(-c3ccc(C(F)(F)F)cc3)cs2)c1=O. The Morgan fingerprint density at radius 3 is 2.33 bits per heavy atom. The van der Waals surface area contributed by atoms with Gasteiger partial charge < -0.3 is 10.2 Å². The maximum absolute atomic E-state index is 14.7. The Morgan fingerprint density at radius 2 is 1.78 bits per heavy atom. The highest BCUT2D eigenvalue weighted by atomic mass is 32.1. The minimum atomic E-state index is -4.44. The summed E-state index contributed by atoms with van der Waals surface area (Å²) in [4.78, 5) is 35.7. The lowest BCUT2D eigenvalue weighted by molar-refractivity contribution is -0.137. The van der Waals surface area contributed by atoms with Gasteiger partial charge in [0.05, 0.1) is 33.8 Å². The number of benzene rings is 2. The van der Waals surface area contributed by atoms with Crippen LogP contribution in [-0.2, 0) is 19.0 Å². The van der Waals surface area contributed by atoms with Gasteiger partial charge in [-0.2, -0.15) is 13.2 Å². The third-order valence-corrected chi connectivity index (χ3v) is 9.52. The first-order valence-corrected chi connectivity index (χ1v) is 16.1. The average Bonchev–Trinajstić information content (AvgIpc) is 3.79. The van der Waals surface area contributed by atoms with Crippen molar-refractivity contribution in [2.75, 3.05) is 13.1 Å². The fourth-order valence-electron chi connectivity index (χ4n) is 6.42. The molecule has 45 heavy (non-hydrogen) atoms. The van der Waals surface area contributed by atoms with Crippen molar-refractivity contribution in [3.05, 3.63) is 97.8 Å². The number of carbonyl (C=O) groups excluding carboxylic acids is 1. The van der Waals surface area contributed by atoms with E-state index in [0.717, 1.165) is 47.5 Å². The van der Waals surface area contributed by atoms with Crippen LogP contribution in [0.2, 0.25) is 0 Å². The van der Waals surface area contributed by atoms with E-state index in [1.54, 1.807) is 16.0 Å². The van der Waals surface area contributed by atoms with Gasteiger partial charge in [-0.3, -0.25) is 14.2 Å². The summed E-state index contributed by atoms with van der Waals surface area (Å²) in [6, 6.07) is 12.9. The topological polar surface area (TPSA) is 67.2 Å². The Labute approximate surface area is 264 Å². The zero-order valence-corrected chi connectivity index (χ0v) is 26.5. The van der Waals surface area contributed by atoms with Gasteiger partial charge in [0.1, 0.15) is 5.01 Å². The second-order valence-corrected chi connectivity index (χ2v) is 12.8. The molecule has 2 bridgehead atoms. The first kappa shape index (κ1) is 31.0. The van der Waals surface area contributed by atoms with Crippen molar-refractivity contribution in [2.45, 2.75) is 65.2 Å². The van der Waals surface area contributed by atoms with Crippen molar-refractivity contribution in [3.8, 4) is 27.5 Å². The number of allylic oxidation sites excluding steroid dienone is 1. The minimum Gasteiger partial charge on any atom is -0.333 e. The molecule has 10 heteroatoms. The third kappa shape index (κ3) is 5.77.